The average molecular weight is 947 g/mol. The van der Waals surface area contributed by atoms with E-state index in [4.69, 9.17) is 5.73 Å². The van der Waals surface area contributed by atoms with Crippen molar-refractivity contribution in [2.75, 3.05) is 38.2 Å². The van der Waals surface area contributed by atoms with Gasteiger partial charge in [0.25, 0.3) is 17.7 Å². The second-order valence-electron chi connectivity index (χ2n) is 15.7. The molecule has 3 aromatic rings. The number of hydrogen-bond donors (Lipinski definition) is 11. The minimum absolute atomic E-state index is 0.0281. The standard InChI is InChI=1S/C44H54N10O12S/c1-67-19-15-28-36(58)43(65)52-31(21-34(56)42(64)46-16-18-55)40(62)51-30(20-25-22-47-27-11-6-5-10-26(25)27)39(61)50-29(13-14-35(45)57)38(60)48-23-32(53-37(59)24-8-3-2-4-9-24)44(66)54-17-7-12-33(54)41(63)49-28/h2-6,8-11,20,22,28-29,31-34,47,55-56H,7,12-19,21,23H2,1H3,(H2,45,57)(H,46,64)(H,48,60)(H,49,63)(H,50,61)(H,51,62)(H,52,65)(H,53,59)/t28-,29+,31+,32-,33-,34-/m0/s1. The zero-order valence-electron chi connectivity index (χ0n) is 36.5. The molecule has 22 nitrogen and oxygen atoms in total. The van der Waals surface area contributed by atoms with E-state index in [1.807, 2.05) is 0 Å². The molecule has 2 aliphatic heterocycles. The maximum absolute atomic E-state index is 14.4. The molecule has 23 heteroatoms. The van der Waals surface area contributed by atoms with Gasteiger partial charge < -0.3 is 63.0 Å². The summed E-state index contributed by atoms with van der Waals surface area (Å²) in [6, 6.07) is 7.04. The van der Waals surface area contributed by atoms with Crippen molar-refractivity contribution in [1.82, 2.24) is 47.1 Å². The second kappa shape index (κ2) is 24.4. The number of carbonyl (C=O) groups is 10. The Bertz CT molecular complexity index is 2380. The van der Waals surface area contributed by atoms with E-state index in [2.05, 4.69) is 42.2 Å². The summed E-state index contributed by atoms with van der Waals surface area (Å²) in [5.41, 5.74) is 6.01. The van der Waals surface area contributed by atoms with Crippen molar-refractivity contribution in [3.05, 3.63) is 77.6 Å². The number of hydrogen-bond acceptors (Lipinski definition) is 13. The molecule has 0 unspecified atom stereocenters. The van der Waals surface area contributed by atoms with E-state index in [9.17, 15) is 58.2 Å². The molecule has 0 radical (unpaired) electrons. The molecule has 2 fully saturated rings. The normalized spacial score (nSPS) is 22.4. The summed E-state index contributed by atoms with van der Waals surface area (Å²) in [7, 11) is 0. The van der Waals surface area contributed by atoms with Crippen LogP contribution in [0.1, 0.15) is 54.4 Å². The Hall–Kier alpha value is -7.11. The van der Waals surface area contributed by atoms with Crippen molar-refractivity contribution in [2.45, 2.75) is 74.8 Å². The highest BCUT2D eigenvalue weighted by atomic mass is 32.2. The van der Waals surface area contributed by atoms with Crippen LogP contribution in [0, 0.1) is 0 Å². The number of thioether (sulfide) groups is 1. The fourth-order valence-corrected chi connectivity index (χ4v) is 7.89. The third-order valence-corrected chi connectivity index (χ3v) is 11.6. The Morgan fingerprint density at radius 3 is 2.33 bits per heavy atom. The van der Waals surface area contributed by atoms with Crippen LogP contribution < -0.4 is 43.0 Å². The van der Waals surface area contributed by atoms with Crippen LogP contribution in [0.25, 0.3) is 17.0 Å². The first-order valence-corrected chi connectivity index (χ1v) is 22.8. The van der Waals surface area contributed by atoms with Crippen LogP contribution in [0.4, 0.5) is 0 Å². The number of nitrogens with zero attached hydrogens (tertiary/aromatic N) is 1. The number of amides is 9. The Morgan fingerprint density at radius 2 is 1.61 bits per heavy atom. The predicted molar refractivity (Wildman–Crippen MR) is 243 cm³/mol. The van der Waals surface area contributed by atoms with Gasteiger partial charge in [-0.15, -0.1) is 0 Å². The van der Waals surface area contributed by atoms with Gasteiger partial charge in [-0.3, -0.25) is 47.9 Å². The Kier molecular flexibility index (Phi) is 18.5. The monoisotopic (exact) mass is 946 g/mol. The van der Waals surface area contributed by atoms with Crippen molar-refractivity contribution in [1.29, 1.82) is 0 Å². The number of nitrogens with one attached hydrogen (secondary N) is 8. The lowest BCUT2D eigenvalue weighted by atomic mass is 10.0. The van der Waals surface area contributed by atoms with Crippen molar-refractivity contribution < 1.29 is 58.2 Å². The predicted octanol–water partition coefficient (Wildman–Crippen LogP) is -2.55. The molecule has 67 heavy (non-hydrogen) atoms. The van der Waals surface area contributed by atoms with E-state index in [1.165, 1.54) is 41.1 Å². The molecule has 0 aliphatic carbocycles. The van der Waals surface area contributed by atoms with E-state index in [0.717, 1.165) is 0 Å². The summed E-state index contributed by atoms with van der Waals surface area (Å²) in [6.07, 6.45) is 1.11. The largest absolute Gasteiger partial charge is 0.395 e. The molecule has 9 amide bonds. The molecule has 2 saturated heterocycles. The van der Waals surface area contributed by atoms with Crippen LogP contribution in [-0.2, 0) is 43.2 Å². The number of benzene rings is 2. The van der Waals surface area contributed by atoms with Crippen molar-refractivity contribution in [3.8, 4) is 0 Å². The van der Waals surface area contributed by atoms with Crippen LogP contribution in [-0.4, -0.2) is 154 Å². The fourth-order valence-electron chi connectivity index (χ4n) is 7.42. The van der Waals surface area contributed by atoms with Crippen molar-refractivity contribution in [3.63, 3.8) is 0 Å². The second-order valence-corrected chi connectivity index (χ2v) is 16.7. The number of primary amides is 1. The van der Waals surface area contributed by atoms with Crippen molar-refractivity contribution in [2.24, 2.45) is 5.73 Å². The maximum Gasteiger partial charge on any atom is 0.290 e. The van der Waals surface area contributed by atoms with E-state index in [1.54, 1.807) is 48.7 Å². The summed E-state index contributed by atoms with van der Waals surface area (Å²) < 4.78 is 0. The number of aromatic amines is 1. The van der Waals surface area contributed by atoms with E-state index < -0.39 is 133 Å². The van der Waals surface area contributed by atoms with Gasteiger partial charge in [0.1, 0.15) is 36.0 Å². The SMILES string of the molecule is CSCC[C@@H]1NC(=O)[C@@H]2CCCN2C(=O)[C@@H](NC(=O)c2ccccc2)CNC(=O)[C@@H](CCC(N)=O)NC(=O)C(=Cc2c[nH]c3ccccc23)NC(=O)[C@@H](C[C@H](O)C(=O)NCCO)NC(=O)C1=O. The van der Waals surface area contributed by atoms with Crippen LogP contribution in [0.5, 0.6) is 0 Å². The third-order valence-electron chi connectivity index (χ3n) is 10.9. The zero-order chi connectivity index (χ0) is 48.6. The van der Waals surface area contributed by atoms with Crippen molar-refractivity contribution >= 4 is 87.7 Å². The number of para-hydroxylation sites is 1. The first kappa shape index (κ1) is 50.9. The molecule has 1 aromatic heterocycles. The topological polar surface area (TPSA) is 340 Å². The molecule has 2 aromatic carbocycles. The number of rotatable bonds is 14. The number of aliphatic hydroxyl groups is 2. The zero-order valence-corrected chi connectivity index (χ0v) is 37.3. The fraction of sp³-hybridized carbons (Fsp3) is 0.409. The lowest BCUT2D eigenvalue weighted by Crippen LogP contribution is -2.60. The van der Waals surface area contributed by atoms with Gasteiger partial charge in [-0.25, -0.2) is 0 Å². The minimum atomic E-state index is -2.01. The Labute approximate surface area is 388 Å². The van der Waals surface area contributed by atoms with Gasteiger partial charge >= 0.3 is 0 Å². The molecule has 358 valence electrons. The molecule has 3 heterocycles. The highest BCUT2D eigenvalue weighted by molar-refractivity contribution is 7.98. The number of aromatic nitrogens is 1. The molecule has 5 rings (SSSR count). The third kappa shape index (κ3) is 13.9. The number of fused-ring (bicyclic) bond motifs is 2. The number of ketones is 1. The molecule has 6 atom stereocenters. The summed E-state index contributed by atoms with van der Waals surface area (Å²) in [5, 5.41) is 37.7. The van der Waals surface area contributed by atoms with Crippen LogP contribution in [0.2, 0.25) is 0 Å². The molecule has 12 N–H and O–H groups in total. The van der Waals surface area contributed by atoms with Gasteiger partial charge in [0, 0.05) is 60.7 Å². The summed E-state index contributed by atoms with van der Waals surface area (Å²) in [5.74, 6) is -9.84. The lowest BCUT2D eigenvalue weighted by molar-refractivity contribution is -0.143. The first-order chi connectivity index (χ1) is 32.1. The smallest absolute Gasteiger partial charge is 0.290 e. The van der Waals surface area contributed by atoms with Gasteiger partial charge in [0.15, 0.2) is 0 Å². The number of nitrogens with two attached hydrogens (primary N) is 1. The van der Waals surface area contributed by atoms with Crippen LogP contribution in [0.3, 0.4) is 0 Å². The Balaban J connectivity index is 1.60. The molecule has 0 spiro atoms. The van der Waals surface area contributed by atoms with Crippen LogP contribution in [0.15, 0.2) is 66.5 Å². The molecule has 0 bridgehead atoms. The van der Waals surface area contributed by atoms with E-state index >= 15 is 0 Å². The van der Waals surface area contributed by atoms with Crippen LogP contribution >= 0.6 is 11.8 Å². The van der Waals surface area contributed by atoms with Gasteiger partial charge in [-0.2, -0.15) is 11.8 Å². The van der Waals surface area contributed by atoms with Gasteiger partial charge in [0.2, 0.25) is 41.2 Å². The average Bonchev–Trinajstić information content (AvgIpc) is 3.99. The molecule has 2 aliphatic rings. The summed E-state index contributed by atoms with van der Waals surface area (Å²) >= 11 is 1.29. The summed E-state index contributed by atoms with van der Waals surface area (Å²) in [4.78, 5) is 141. The van der Waals surface area contributed by atoms with E-state index in [-0.39, 0.29) is 37.2 Å². The van der Waals surface area contributed by atoms with Gasteiger partial charge in [-0.1, -0.05) is 36.4 Å². The number of Topliss-reactive ketones (excluding diaryl/α,β-unsaturated/α-hetero) is 1. The first-order valence-electron chi connectivity index (χ1n) is 21.4. The lowest BCUT2D eigenvalue weighted by Gasteiger charge is -2.30. The maximum atomic E-state index is 14.4. The number of aliphatic hydroxyl groups excluding tert-OH is 2. The van der Waals surface area contributed by atoms with Gasteiger partial charge in [0.05, 0.1) is 12.6 Å². The molecular formula is C44H54N10O12S. The minimum Gasteiger partial charge on any atom is -0.395 e. The number of H-pyrrole nitrogens is 1. The highest BCUT2D eigenvalue weighted by Gasteiger charge is 2.41. The van der Waals surface area contributed by atoms with E-state index in [0.29, 0.717) is 22.9 Å². The molecular weight excluding hydrogens is 893 g/mol. The number of carbonyl (C=O) groups excluding carboxylic acids is 10. The van der Waals surface area contributed by atoms with Gasteiger partial charge in [-0.05, 0) is 62.0 Å². The highest BCUT2D eigenvalue weighted by Crippen LogP contribution is 2.22. The molecule has 0 saturated carbocycles. The summed E-state index contributed by atoms with van der Waals surface area (Å²) in [6.45, 7) is -1.32. The quantitative estimate of drug-likeness (QED) is 0.0587. The Morgan fingerprint density at radius 1 is 0.896 bits per heavy atom.